The average Bonchev–Trinajstić information content (AvgIpc) is 2.44. The molecule has 0 fully saturated rings. The van der Waals surface area contributed by atoms with Crippen molar-refractivity contribution in [2.75, 3.05) is 0 Å². The lowest BCUT2D eigenvalue weighted by molar-refractivity contribution is 0.603. The third-order valence-electron chi connectivity index (χ3n) is 3.93. The second-order valence-corrected chi connectivity index (χ2v) is 5.88. The first-order valence-corrected chi connectivity index (χ1v) is 7.47. The van der Waals surface area contributed by atoms with Gasteiger partial charge in [-0.05, 0) is 58.0 Å². The highest BCUT2D eigenvalue weighted by Gasteiger charge is 2.01. The van der Waals surface area contributed by atoms with E-state index >= 15 is 0 Å². The van der Waals surface area contributed by atoms with E-state index in [1.807, 2.05) is 0 Å². The molecule has 0 heteroatoms. The molecule has 3 aromatic rings. The molecule has 3 aromatic carbocycles. The van der Waals surface area contributed by atoms with Crippen molar-refractivity contribution in [1.29, 1.82) is 0 Å². The molecule has 0 amide bonds. The van der Waals surface area contributed by atoms with E-state index in [1.54, 1.807) is 0 Å². The van der Waals surface area contributed by atoms with Crippen LogP contribution in [0.15, 0.2) is 54.6 Å². The number of rotatable bonds is 4. The fourth-order valence-corrected chi connectivity index (χ4v) is 2.80. The van der Waals surface area contributed by atoms with Crippen LogP contribution in [0.5, 0.6) is 0 Å². The molecular formula is C20H21. The fraction of sp³-hybridized carbons (Fsp3) is 0.250. The van der Waals surface area contributed by atoms with Gasteiger partial charge in [0, 0.05) is 0 Å². The van der Waals surface area contributed by atoms with Crippen molar-refractivity contribution in [3.63, 3.8) is 0 Å². The van der Waals surface area contributed by atoms with Gasteiger partial charge in [0.15, 0.2) is 0 Å². The quantitative estimate of drug-likeness (QED) is 0.522. The molecule has 1 unspecified atom stereocenters. The number of fused-ring (bicyclic) bond motifs is 2. The smallest absolute Gasteiger partial charge is 0.0175 e. The zero-order chi connectivity index (χ0) is 13.9. The summed E-state index contributed by atoms with van der Waals surface area (Å²) in [5, 5.41) is 5.32. The Bertz CT molecular complexity index is 722. The maximum Gasteiger partial charge on any atom is -0.0175 e. The van der Waals surface area contributed by atoms with Gasteiger partial charge in [0.1, 0.15) is 0 Å². The van der Waals surface area contributed by atoms with Crippen molar-refractivity contribution in [2.45, 2.75) is 26.2 Å². The predicted octanol–water partition coefficient (Wildman–Crippen LogP) is 5.79. The van der Waals surface area contributed by atoms with Crippen LogP contribution in [0.2, 0.25) is 0 Å². The highest BCUT2D eigenvalue weighted by molar-refractivity contribution is 5.98. The molecule has 0 aromatic heterocycles. The molecule has 20 heavy (non-hydrogen) atoms. The van der Waals surface area contributed by atoms with Gasteiger partial charge in [-0.15, -0.1) is 0 Å². The van der Waals surface area contributed by atoms with E-state index in [9.17, 15) is 0 Å². The molecule has 3 rings (SSSR count). The third kappa shape index (κ3) is 2.85. The third-order valence-corrected chi connectivity index (χ3v) is 3.93. The molecule has 0 saturated carbocycles. The van der Waals surface area contributed by atoms with Gasteiger partial charge in [-0.1, -0.05) is 62.7 Å². The molecule has 0 aliphatic rings. The number of hydrogen-bond acceptors (Lipinski definition) is 0. The van der Waals surface area contributed by atoms with Gasteiger partial charge in [0.2, 0.25) is 0 Å². The van der Waals surface area contributed by atoms with E-state index in [0.29, 0.717) is 5.92 Å². The van der Waals surface area contributed by atoms with Crippen molar-refractivity contribution in [3.8, 4) is 0 Å². The van der Waals surface area contributed by atoms with Crippen molar-refractivity contribution >= 4 is 21.5 Å². The van der Waals surface area contributed by atoms with Crippen molar-refractivity contribution in [1.82, 2.24) is 0 Å². The zero-order valence-corrected chi connectivity index (χ0v) is 12.1. The zero-order valence-electron chi connectivity index (χ0n) is 12.1. The largest absolute Gasteiger partial charge is 0.0625 e. The lowest BCUT2D eigenvalue weighted by atomic mass is 9.98. The number of hydrogen-bond donors (Lipinski definition) is 0. The minimum Gasteiger partial charge on any atom is -0.0625 e. The number of benzene rings is 3. The van der Waals surface area contributed by atoms with Gasteiger partial charge in [-0.3, -0.25) is 0 Å². The summed E-state index contributed by atoms with van der Waals surface area (Å²) < 4.78 is 0. The normalized spacial score (nSPS) is 11.6. The summed E-state index contributed by atoms with van der Waals surface area (Å²) >= 11 is 0. The summed E-state index contributed by atoms with van der Waals surface area (Å²) in [5.41, 5.74) is 1.44. The van der Waals surface area contributed by atoms with E-state index in [1.165, 1.54) is 39.9 Å². The van der Waals surface area contributed by atoms with Gasteiger partial charge in [-0.25, -0.2) is 0 Å². The van der Waals surface area contributed by atoms with E-state index < -0.39 is 0 Å². The topological polar surface area (TPSA) is 0 Å². The van der Waals surface area contributed by atoms with Gasteiger partial charge in [-0.2, -0.15) is 0 Å². The van der Waals surface area contributed by atoms with Crippen LogP contribution in [0, 0.1) is 12.8 Å². The van der Waals surface area contributed by atoms with Crippen molar-refractivity contribution in [3.05, 3.63) is 67.1 Å². The first-order valence-electron chi connectivity index (χ1n) is 7.47. The minimum absolute atomic E-state index is 0.555. The summed E-state index contributed by atoms with van der Waals surface area (Å²) in [7, 11) is 0. The van der Waals surface area contributed by atoms with Crippen LogP contribution in [0.1, 0.15) is 25.3 Å². The van der Waals surface area contributed by atoms with E-state index in [0.717, 1.165) is 6.42 Å². The minimum atomic E-state index is 0.555. The Morgan fingerprint density at radius 2 is 1.50 bits per heavy atom. The van der Waals surface area contributed by atoms with Crippen molar-refractivity contribution in [2.24, 2.45) is 5.92 Å². The van der Waals surface area contributed by atoms with Gasteiger partial charge >= 0.3 is 0 Å². The van der Waals surface area contributed by atoms with Gasteiger partial charge < -0.3 is 0 Å². The maximum absolute atomic E-state index is 4.05. The van der Waals surface area contributed by atoms with Crippen LogP contribution >= 0.6 is 0 Å². The van der Waals surface area contributed by atoms with Gasteiger partial charge in [0.05, 0.1) is 0 Å². The second kappa shape index (κ2) is 5.66. The molecule has 0 bridgehead atoms. The Morgan fingerprint density at radius 3 is 2.20 bits per heavy atom. The first-order chi connectivity index (χ1) is 9.72. The molecule has 0 aliphatic carbocycles. The van der Waals surface area contributed by atoms with E-state index in [-0.39, 0.29) is 0 Å². The summed E-state index contributed by atoms with van der Waals surface area (Å²) in [6.45, 7) is 6.24. The molecule has 1 atom stereocenters. The predicted molar refractivity (Wildman–Crippen MR) is 88.9 cm³/mol. The molecule has 0 heterocycles. The van der Waals surface area contributed by atoms with Crippen LogP contribution < -0.4 is 0 Å². The Kier molecular flexibility index (Phi) is 3.73. The number of aryl methyl sites for hydroxylation is 1. The van der Waals surface area contributed by atoms with Crippen LogP contribution in [0.3, 0.4) is 0 Å². The molecule has 101 valence electrons. The molecule has 0 saturated heterocycles. The monoisotopic (exact) mass is 261 g/mol. The van der Waals surface area contributed by atoms with Crippen LogP contribution in [0.4, 0.5) is 0 Å². The van der Waals surface area contributed by atoms with Crippen LogP contribution in [-0.2, 0) is 6.42 Å². The SMILES string of the molecule is [CH2]C(C)CCCc1ccc2cc3ccccc3cc2c1. The van der Waals surface area contributed by atoms with Crippen LogP contribution in [-0.4, -0.2) is 0 Å². The Morgan fingerprint density at radius 1 is 0.850 bits per heavy atom. The summed E-state index contributed by atoms with van der Waals surface area (Å²) in [6.07, 6.45) is 3.59. The highest BCUT2D eigenvalue weighted by atomic mass is 14.1. The molecule has 0 N–H and O–H groups in total. The molecule has 0 aliphatic heterocycles. The standard InChI is InChI=1S/C20H21/c1-15(2)6-5-7-16-10-11-19-13-17-8-3-4-9-18(17)14-20(19)12-16/h3-4,8-15H,1,5-7H2,2H3. The Hall–Kier alpha value is -1.82. The summed E-state index contributed by atoms with van der Waals surface area (Å²) in [6, 6.07) is 20.0. The molecule has 0 nitrogen and oxygen atoms in total. The maximum atomic E-state index is 4.05. The summed E-state index contributed by atoms with van der Waals surface area (Å²) in [5.74, 6) is 0.555. The lowest BCUT2D eigenvalue weighted by Crippen LogP contribution is -1.91. The second-order valence-electron chi connectivity index (χ2n) is 5.88. The highest BCUT2D eigenvalue weighted by Crippen LogP contribution is 2.24. The molecular weight excluding hydrogens is 240 g/mol. The van der Waals surface area contributed by atoms with Gasteiger partial charge in [0.25, 0.3) is 0 Å². The Labute approximate surface area is 121 Å². The first kappa shape index (κ1) is 13.2. The van der Waals surface area contributed by atoms with Crippen LogP contribution in [0.25, 0.3) is 21.5 Å². The molecule has 1 radical (unpaired) electrons. The summed E-state index contributed by atoms with van der Waals surface area (Å²) in [4.78, 5) is 0. The van der Waals surface area contributed by atoms with E-state index in [2.05, 4.69) is 68.4 Å². The lowest BCUT2D eigenvalue weighted by Gasteiger charge is -2.07. The van der Waals surface area contributed by atoms with Crippen molar-refractivity contribution < 1.29 is 0 Å². The fourth-order valence-electron chi connectivity index (χ4n) is 2.80. The Balaban J connectivity index is 1.91. The molecule has 0 spiro atoms. The van der Waals surface area contributed by atoms with E-state index in [4.69, 9.17) is 0 Å². The average molecular weight is 261 g/mol.